The second kappa shape index (κ2) is 8.04. The molecule has 2 heterocycles. The van der Waals surface area contributed by atoms with E-state index in [9.17, 15) is 0 Å². The summed E-state index contributed by atoms with van der Waals surface area (Å²) in [7, 11) is 0. The number of ether oxygens (including phenoxy) is 1. The van der Waals surface area contributed by atoms with Gasteiger partial charge in [0.2, 0.25) is 0 Å². The van der Waals surface area contributed by atoms with Crippen molar-refractivity contribution >= 4 is 11.6 Å². The summed E-state index contributed by atoms with van der Waals surface area (Å²) in [6.07, 6.45) is 4.21. The van der Waals surface area contributed by atoms with Crippen LogP contribution >= 0.6 is 0 Å². The van der Waals surface area contributed by atoms with Gasteiger partial charge in [-0.05, 0) is 19.3 Å². The smallest absolute Gasteiger partial charge is 0.133 e. The first kappa shape index (κ1) is 15.0. The SMILES string of the molecule is CCCNc1cc(NCC2CCOC2)nc(CCC)n1. The van der Waals surface area contributed by atoms with Crippen LogP contribution in [-0.4, -0.2) is 36.3 Å². The minimum Gasteiger partial charge on any atom is -0.381 e. The van der Waals surface area contributed by atoms with E-state index in [-0.39, 0.29) is 0 Å². The zero-order chi connectivity index (χ0) is 14.2. The topological polar surface area (TPSA) is 59.1 Å². The summed E-state index contributed by atoms with van der Waals surface area (Å²) in [5.41, 5.74) is 0. The third kappa shape index (κ3) is 4.63. The predicted octanol–water partition coefficient (Wildman–Crippen LogP) is 2.70. The molecule has 0 radical (unpaired) electrons. The molecule has 1 saturated heterocycles. The van der Waals surface area contributed by atoms with Crippen molar-refractivity contribution in [1.29, 1.82) is 0 Å². The van der Waals surface area contributed by atoms with Crippen molar-refractivity contribution in [1.82, 2.24) is 9.97 Å². The molecule has 1 atom stereocenters. The van der Waals surface area contributed by atoms with Crippen LogP contribution in [-0.2, 0) is 11.2 Å². The third-order valence-corrected chi connectivity index (χ3v) is 3.40. The molecule has 0 aromatic carbocycles. The normalized spacial score (nSPS) is 18.2. The molecule has 5 heteroatoms. The van der Waals surface area contributed by atoms with E-state index in [1.54, 1.807) is 0 Å². The van der Waals surface area contributed by atoms with Crippen LogP contribution in [0, 0.1) is 5.92 Å². The van der Waals surface area contributed by atoms with Crippen LogP contribution in [0.25, 0.3) is 0 Å². The Morgan fingerprint density at radius 1 is 1.20 bits per heavy atom. The van der Waals surface area contributed by atoms with Crippen molar-refractivity contribution < 1.29 is 4.74 Å². The van der Waals surface area contributed by atoms with Gasteiger partial charge in [0.05, 0.1) is 6.61 Å². The van der Waals surface area contributed by atoms with Crippen LogP contribution in [0.2, 0.25) is 0 Å². The maximum atomic E-state index is 5.40. The van der Waals surface area contributed by atoms with Crippen molar-refractivity contribution in [2.24, 2.45) is 5.92 Å². The summed E-state index contributed by atoms with van der Waals surface area (Å²) in [6.45, 7) is 7.93. The number of hydrogen-bond acceptors (Lipinski definition) is 5. The molecule has 2 N–H and O–H groups in total. The monoisotopic (exact) mass is 278 g/mol. The highest BCUT2D eigenvalue weighted by Crippen LogP contribution is 2.16. The van der Waals surface area contributed by atoms with E-state index in [0.29, 0.717) is 5.92 Å². The molecule has 0 aliphatic carbocycles. The maximum Gasteiger partial charge on any atom is 0.133 e. The van der Waals surface area contributed by atoms with Crippen LogP contribution < -0.4 is 10.6 Å². The number of aryl methyl sites for hydroxylation is 1. The van der Waals surface area contributed by atoms with Gasteiger partial charge < -0.3 is 15.4 Å². The zero-order valence-corrected chi connectivity index (χ0v) is 12.6. The summed E-state index contributed by atoms with van der Waals surface area (Å²) < 4.78 is 5.40. The largest absolute Gasteiger partial charge is 0.381 e. The van der Waals surface area contributed by atoms with Gasteiger partial charge in [0, 0.05) is 38.1 Å². The summed E-state index contributed by atoms with van der Waals surface area (Å²) in [5, 5.41) is 6.78. The molecule has 112 valence electrons. The maximum absolute atomic E-state index is 5.40. The molecular formula is C15H26N4O. The van der Waals surface area contributed by atoms with Crippen molar-refractivity contribution in [3.63, 3.8) is 0 Å². The first-order chi connectivity index (χ1) is 9.81. The van der Waals surface area contributed by atoms with E-state index in [4.69, 9.17) is 4.74 Å². The van der Waals surface area contributed by atoms with Crippen LogP contribution in [0.5, 0.6) is 0 Å². The Bertz CT molecular complexity index is 405. The Kier molecular flexibility index (Phi) is 6.05. The molecule has 0 bridgehead atoms. The second-order valence-electron chi connectivity index (χ2n) is 5.34. The van der Waals surface area contributed by atoms with Crippen molar-refractivity contribution in [2.75, 3.05) is 36.9 Å². The average Bonchev–Trinajstić information content (AvgIpc) is 2.96. The van der Waals surface area contributed by atoms with Gasteiger partial charge in [-0.1, -0.05) is 13.8 Å². The van der Waals surface area contributed by atoms with Gasteiger partial charge in [0.15, 0.2) is 0 Å². The highest BCUT2D eigenvalue weighted by molar-refractivity contribution is 5.47. The van der Waals surface area contributed by atoms with Gasteiger partial charge in [0.1, 0.15) is 17.5 Å². The quantitative estimate of drug-likeness (QED) is 0.765. The second-order valence-corrected chi connectivity index (χ2v) is 5.34. The number of aromatic nitrogens is 2. The highest BCUT2D eigenvalue weighted by Gasteiger charge is 2.15. The van der Waals surface area contributed by atoms with Crippen molar-refractivity contribution in [3.8, 4) is 0 Å². The predicted molar refractivity (Wildman–Crippen MR) is 82.2 cm³/mol. The molecule has 1 unspecified atom stereocenters. The number of nitrogens with zero attached hydrogens (tertiary/aromatic N) is 2. The van der Waals surface area contributed by atoms with E-state index in [1.165, 1.54) is 0 Å². The molecule has 1 fully saturated rings. The Morgan fingerprint density at radius 2 is 2.00 bits per heavy atom. The Hall–Kier alpha value is -1.36. The summed E-state index contributed by atoms with van der Waals surface area (Å²) >= 11 is 0. The summed E-state index contributed by atoms with van der Waals surface area (Å²) in [5.74, 6) is 3.37. The molecular weight excluding hydrogens is 252 g/mol. The lowest BCUT2D eigenvalue weighted by Crippen LogP contribution is -2.16. The third-order valence-electron chi connectivity index (χ3n) is 3.40. The van der Waals surface area contributed by atoms with Gasteiger partial charge in [-0.15, -0.1) is 0 Å². The minimum absolute atomic E-state index is 0.603. The van der Waals surface area contributed by atoms with Crippen LogP contribution in [0.3, 0.4) is 0 Å². The van der Waals surface area contributed by atoms with Crippen LogP contribution in [0.4, 0.5) is 11.6 Å². The lowest BCUT2D eigenvalue weighted by molar-refractivity contribution is 0.187. The minimum atomic E-state index is 0.603. The molecule has 0 saturated carbocycles. The van der Waals surface area contributed by atoms with Gasteiger partial charge in [-0.3, -0.25) is 0 Å². The number of nitrogens with one attached hydrogen (secondary N) is 2. The van der Waals surface area contributed by atoms with Crippen LogP contribution in [0.1, 0.15) is 38.9 Å². The van der Waals surface area contributed by atoms with E-state index < -0.39 is 0 Å². The van der Waals surface area contributed by atoms with E-state index in [2.05, 4.69) is 34.4 Å². The van der Waals surface area contributed by atoms with E-state index >= 15 is 0 Å². The summed E-state index contributed by atoms with van der Waals surface area (Å²) in [6, 6.07) is 2.00. The fourth-order valence-electron chi connectivity index (χ4n) is 2.26. The Balaban J connectivity index is 1.98. The molecule has 0 amide bonds. The lowest BCUT2D eigenvalue weighted by Gasteiger charge is -2.13. The first-order valence-electron chi connectivity index (χ1n) is 7.75. The van der Waals surface area contributed by atoms with Crippen molar-refractivity contribution in [3.05, 3.63) is 11.9 Å². The molecule has 1 aliphatic heterocycles. The lowest BCUT2D eigenvalue weighted by atomic mass is 10.1. The molecule has 1 aliphatic rings. The van der Waals surface area contributed by atoms with Crippen molar-refractivity contribution in [2.45, 2.75) is 39.5 Å². The Labute approximate surface area is 121 Å². The van der Waals surface area contributed by atoms with E-state index in [0.717, 1.165) is 69.4 Å². The Morgan fingerprint density at radius 3 is 2.65 bits per heavy atom. The fraction of sp³-hybridized carbons (Fsp3) is 0.733. The standard InChI is InChI=1S/C15H26N4O/c1-3-5-13-18-14(16-7-4-2)9-15(19-13)17-10-12-6-8-20-11-12/h9,12H,3-8,10-11H2,1-2H3,(H2,16,17,18,19). The molecule has 20 heavy (non-hydrogen) atoms. The van der Waals surface area contributed by atoms with E-state index in [1.807, 2.05) is 6.07 Å². The van der Waals surface area contributed by atoms with Crippen LogP contribution in [0.15, 0.2) is 6.07 Å². The molecule has 2 rings (SSSR count). The molecule has 1 aromatic rings. The van der Waals surface area contributed by atoms with Gasteiger partial charge >= 0.3 is 0 Å². The van der Waals surface area contributed by atoms with Gasteiger partial charge in [0.25, 0.3) is 0 Å². The average molecular weight is 278 g/mol. The summed E-state index contributed by atoms with van der Waals surface area (Å²) in [4.78, 5) is 9.14. The number of rotatable bonds is 8. The number of hydrogen-bond donors (Lipinski definition) is 2. The zero-order valence-electron chi connectivity index (χ0n) is 12.6. The number of anilines is 2. The molecule has 1 aromatic heterocycles. The molecule has 0 spiro atoms. The fourth-order valence-corrected chi connectivity index (χ4v) is 2.26. The molecule has 5 nitrogen and oxygen atoms in total. The highest BCUT2D eigenvalue weighted by atomic mass is 16.5. The van der Waals surface area contributed by atoms with Gasteiger partial charge in [-0.2, -0.15) is 0 Å². The first-order valence-corrected chi connectivity index (χ1v) is 7.75. The van der Waals surface area contributed by atoms with Gasteiger partial charge in [-0.25, -0.2) is 9.97 Å².